The molecule has 17 heavy (non-hydrogen) atoms. The fraction of sp³-hybridized carbons (Fsp3) is 1.00. The van der Waals surface area contributed by atoms with E-state index < -0.39 is 0 Å². The minimum atomic E-state index is 0.596. The Labute approximate surface area is 108 Å². The highest BCUT2D eigenvalue weighted by molar-refractivity contribution is 4.86. The zero-order chi connectivity index (χ0) is 12.8. The van der Waals surface area contributed by atoms with Gasteiger partial charge in [-0.3, -0.25) is 9.80 Å². The van der Waals surface area contributed by atoms with E-state index >= 15 is 0 Å². The molecule has 3 nitrogen and oxygen atoms in total. The van der Waals surface area contributed by atoms with Crippen molar-refractivity contribution in [1.82, 2.24) is 15.1 Å². The van der Waals surface area contributed by atoms with Crippen LogP contribution in [0.4, 0.5) is 0 Å². The van der Waals surface area contributed by atoms with Gasteiger partial charge >= 0.3 is 0 Å². The molecule has 0 amide bonds. The highest BCUT2D eigenvalue weighted by atomic mass is 15.3. The van der Waals surface area contributed by atoms with Crippen molar-refractivity contribution in [1.29, 1.82) is 0 Å². The van der Waals surface area contributed by atoms with Gasteiger partial charge in [-0.2, -0.15) is 0 Å². The first-order valence-corrected chi connectivity index (χ1v) is 7.29. The Morgan fingerprint density at radius 1 is 1.24 bits per heavy atom. The summed E-state index contributed by atoms with van der Waals surface area (Å²) in [6, 6.07) is 2.04. The third kappa shape index (κ3) is 4.57. The summed E-state index contributed by atoms with van der Waals surface area (Å²) in [5, 5.41) is 3.54. The second-order valence-corrected chi connectivity index (χ2v) is 5.57. The summed E-state index contributed by atoms with van der Waals surface area (Å²) in [7, 11) is 0. The molecule has 1 aliphatic heterocycles. The zero-order valence-electron chi connectivity index (χ0n) is 12.4. The normalized spacial score (nSPS) is 23.8. The van der Waals surface area contributed by atoms with Crippen molar-refractivity contribution in [3.8, 4) is 0 Å². The Balaban J connectivity index is 2.33. The lowest BCUT2D eigenvalue weighted by Crippen LogP contribution is -2.43. The average molecular weight is 241 g/mol. The molecule has 102 valence electrons. The van der Waals surface area contributed by atoms with Crippen molar-refractivity contribution >= 4 is 0 Å². The third-order valence-corrected chi connectivity index (χ3v) is 3.97. The maximum atomic E-state index is 3.54. The molecule has 0 aromatic heterocycles. The monoisotopic (exact) mass is 241 g/mol. The van der Waals surface area contributed by atoms with E-state index in [1.54, 1.807) is 0 Å². The highest BCUT2D eigenvalue weighted by Gasteiger charge is 2.28. The fourth-order valence-electron chi connectivity index (χ4n) is 2.74. The smallest absolute Gasteiger partial charge is 0.0235 e. The quantitative estimate of drug-likeness (QED) is 0.733. The molecule has 1 rings (SSSR count). The molecular formula is C14H31N3. The molecule has 0 aromatic rings. The number of hydrogen-bond acceptors (Lipinski definition) is 3. The van der Waals surface area contributed by atoms with Crippen molar-refractivity contribution in [3.05, 3.63) is 0 Å². The SMILES string of the molecule is CCN(CC)C1CCN(C(C)CNC(C)C)C1. The number of likely N-dealkylation sites (tertiary alicyclic amines) is 1. The fourth-order valence-corrected chi connectivity index (χ4v) is 2.74. The van der Waals surface area contributed by atoms with Crippen LogP contribution in [0.1, 0.15) is 41.0 Å². The van der Waals surface area contributed by atoms with Gasteiger partial charge in [0.1, 0.15) is 0 Å². The number of nitrogens with one attached hydrogen (secondary N) is 1. The van der Waals surface area contributed by atoms with Crippen LogP contribution in [0.25, 0.3) is 0 Å². The zero-order valence-corrected chi connectivity index (χ0v) is 12.4. The second-order valence-electron chi connectivity index (χ2n) is 5.57. The van der Waals surface area contributed by atoms with E-state index in [1.165, 1.54) is 32.6 Å². The van der Waals surface area contributed by atoms with Crippen LogP contribution in [-0.4, -0.2) is 60.6 Å². The molecule has 2 atom stereocenters. The van der Waals surface area contributed by atoms with Crippen LogP contribution >= 0.6 is 0 Å². The lowest BCUT2D eigenvalue weighted by molar-refractivity contribution is 0.190. The second kappa shape index (κ2) is 7.34. The lowest BCUT2D eigenvalue weighted by Gasteiger charge is -2.29. The highest BCUT2D eigenvalue weighted by Crippen LogP contribution is 2.17. The van der Waals surface area contributed by atoms with Crippen LogP contribution < -0.4 is 5.32 Å². The van der Waals surface area contributed by atoms with Gasteiger partial charge in [0.15, 0.2) is 0 Å². The van der Waals surface area contributed by atoms with E-state index in [4.69, 9.17) is 0 Å². The molecule has 1 aliphatic rings. The Hall–Kier alpha value is -0.120. The van der Waals surface area contributed by atoms with Crippen LogP contribution in [0.15, 0.2) is 0 Å². The van der Waals surface area contributed by atoms with E-state index in [9.17, 15) is 0 Å². The molecule has 3 heteroatoms. The maximum absolute atomic E-state index is 3.54. The van der Waals surface area contributed by atoms with Crippen molar-refractivity contribution < 1.29 is 0 Å². The van der Waals surface area contributed by atoms with Gasteiger partial charge in [0.05, 0.1) is 0 Å². The molecule has 0 saturated carbocycles. The molecule has 2 unspecified atom stereocenters. The Kier molecular flexibility index (Phi) is 6.45. The van der Waals surface area contributed by atoms with Crippen molar-refractivity contribution in [2.45, 2.75) is 59.2 Å². The summed E-state index contributed by atoms with van der Waals surface area (Å²) in [6.07, 6.45) is 1.34. The standard InChI is InChI=1S/C14H31N3/c1-6-16(7-2)14-8-9-17(11-14)13(5)10-15-12(3)4/h12-15H,6-11H2,1-5H3. The van der Waals surface area contributed by atoms with E-state index in [2.05, 4.69) is 49.7 Å². The number of likely N-dealkylation sites (N-methyl/N-ethyl adjacent to an activating group) is 1. The largest absolute Gasteiger partial charge is 0.313 e. The lowest BCUT2D eigenvalue weighted by atomic mass is 10.2. The van der Waals surface area contributed by atoms with Crippen LogP contribution in [0, 0.1) is 0 Å². The molecule has 0 radical (unpaired) electrons. The van der Waals surface area contributed by atoms with Crippen molar-refractivity contribution in [2.75, 3.05) is 32.7 Å². The Morgan fingerprint density at radius 2 is 1.88 bits per heavy atom. The Bertz CT molecular complexity index is 202. The summed E-state index contributed by atoms with van der Waals surface area (Å²) in [5.41, 5.74) is 0. The predicted octanol–water partition coefficient (Wildman–Crippen LogP) is 1.79. The molecular weight excluding hydrogens is 210 g/mol. The van der Waals surface area contributed by atoms with Gasteiger partial charge in [0.25, 0.3) is 0 Å². The van der Waals surface area contributed by atoms with Gasteiger partial charge in [0.2, 0.25) is 0 Å². The van der Waals surface area contributed by atoms with Gasteiger partial charge in [0, 0.05) is 37.8 Å². The first kappa shape index (κ1) is 14.9. The molecule has 0 spiro atoms. The van der Waals surface area contributed by atoms with Crippen LogP contribution in [-0.2, 0) is 0 Å². The van der Waals surface area contributed by atoms with Gasteiger partial charge in [-0.25, -0.2) is 0 Å². The molecule has 0 aromatic carbocycles. The molecule has 0 bridgehead atoms. The molecule has 0 aliphatic carbocycles. The number of hydrogen-bond donors (Lipinski definition) is 1. The maximum Gasteiger partial charge on any atom is 0.0235 e. The number of rotatable bonds is 7. The molecule has 1 N–H and O–H groups in total. The third-order valence-electron chi connectivity index (χ3n) is 3.97. The average Bonchev–Trinajstić information content (AvgIpc) is 2.77. The van der Waals surface area contributed by atoms with Gasteiger partial charge in [-0.15, -0.1) is 0 Å². The summed E-state index contributed by atoms with van der Waals surface area (Å²) in [6.45, 7) is 17.3. The first-order valence-electron chi connectivity index (χ1n) is 7.29. The topological polar surface area (TPSA) is 18.5 Å². The van der Waals surface area contributed by atoms with E-state index in [0.717, 1.165) is 12.6 Å². The van der Waals surface area contributed by atoms with Crippen LogP contribution in [0.3, 0.4) is 0 Å². The number of nitrogens with zero attached hydrogens (tertiary/aromatic N) is 2. The molecule has 1 saturated heterocycles. The summed E-state index contributed by atoms with van der Waals surface area (Å²) in [4.78, 5) is 5.24. The minimum absolute atomic E-state index is 0.596. The summed E-state index contributed by atoms with van der Waals surface area (Å²) in [5.74, 6) is 0. The van der Waals surface area contributed by atoms with E-state index in [0.29, 0.717) is 12.1 Å². The van der Waals surface area contributed by atoms with E-state index in [1.807, 2.05) is 0 Å². The molecule has 1 fully saturated rings. The van der Waals surface area contributed by atoms with E-state index in [-0.39, 0.29) is 0 Å². The predicted molar refractivity (Wildman–Crippen MR) is 75.5 cm³/mol. The van der Waals surface area contributed by atoms with Gasteiger partial charge < -0.3 is 5.32 Å². The van der Waals surface area contributed by atoms with Crippen LogP contribution in [0.5, 0.6) is 0 Å². The Morgan fingerprint density at radius 3 is 2.41 bits per heavy atom. The van der Waals surface area contributed by atoms with Crippen molar-refractivity contribution in [3.63, 3.8) is 0 Å². The van der Waals surface area contributed by atoms with Gasteiger partial charge in [-0.1, -0.05) is 27.7 Å². The van der Waals surface area contributed by atoms with Crippen LogP contribution in [0.2, 0.25) is 0 Å². The summed E-state index contributed by atoms with van der Waals surface area (Å²) >= 11 is 0. The first-order chi connectivity index (χ1) is 8.08. The van der Waals surface area contributed by atoms with Crippen molar-refractivity contribution in [2.24, 2.45) is 0 Å². The van der Waals surface area contributed by atoms with Gasteiger partial charge in [-0.05, 0) is 26.4 Å². The molecule has 1 heterocycles. The minimum Gasteiger partial charge on any atom is -0.313 e. The summed E-state index contributed by atoms with van der Waals surface area (Å²) < 4.78 is 0.